The van der Waals surface area contributed by atoms with Crippen LogP contribution in [0.25, 0.3) is 0 Å². The molecule has 100 valence electrons. The van der Waals surface area contributed by atoms with Gasteiger partial charge < -0.3 is 20.1 Å². The van der Waals surface area contributed by atoms with Crippen LogP contribution in [-0.4, -0.2) is 52.0 Å². The van der Waals surface area contributed by atoms with Crippen molar-refractivity contribution in [1.82, 2.24) is 10.6 Å². The highest BCUT2D eigenvalue weighted by atomic mass is 16.5. The lowest BCUT2D eigenvalue weighted by molar-refractivity contribution is -0.121. The van der Waals surface area contributed by atoms with Gasteiger partial charge in [-0.3, -0.25) is 4.79 Å². The van der Waals surface area contributed by atoms with Crippen LogP contribution in [0.4, 0.5) is 0 Å². The highest BCUT2D eigenvalue weighted by Crippen LogP contribution is 2.10. The van der Waals surface area contributed by atoms with Crippen molar-refractivity contribution in [2.24, 2.45) is 0 Å². The molecule has 1 heterocycles. The first-order valence-corrected chi connectivity index (χ1v) is 6.41. The minimum atomic E-state index is 0.0970. The van der Waals surface area contributed by atoms with Crippen LogP contribution in [0.15, 0.2) is 0 Å². The van der Waals surface area contributed by atoms with E-state index in [1.165, 1.54) is 0 Å². The van der Waals surface area contributed by atoms with E-state index in [9.17, 15) is 4.79 Å². The van der Waals surface area contributed by atoms with Gasteiger partial charge in [0.2, 0.25) is 5.91 Å². The van der Waals surface area contributed by atoms with Crippen LogP contribution >= 0.6 is 0 Å². The third-order valence-electron chi connectivity index (χ3n) is 2.78. The highest BCUT2D eigenvalue weighted by Gasteiger charge is 2.15. The van der Waals surface area contributed by atoms with Crippen LogP contribution in [0, 0.1) is 0 Å². The molecule has 5 nitrogen and oxygen atoms in total. The first-order chi connectivity index (χ1) is 8.33. The molecule has 17 heavy (non-hydrogen) atoms. The van der Waals surface area contributed by atoms with Crippen molar-refractivity contribution in [3.05, 3.63) is 0 Å². The SMILES string of the molecule is COCCCNCCC(=O)NCC1CCCO1. The molecule has 2 N–H and O–H groups in total. The number of amides is 1. The van der Waals surface area contributed by atoms with Crippen LogP contribution in [0.5, 0.6) is 0 Å². The van der Waals surface area contributed by atoms with Gasteiger partial charge in [0.25, 0.3) is 0 Å². The second-order valence-electron chi connectivity index (χ2n) is 4.29. The molecule has 1 amide bonds. The first-order valence-electron chi connectivity index (χ1n) is 6.41. The summed E-state index contributed by atoms with van der Waals surface area (Å²) in [4.78, 5) is 11.5. The first kappa shape index (κ1) is 14.4. The predicted molar refractivity (Wildman–Crippen MR) is 66.0 cm³/mol. The van der Waals surface area contributed by atoms with Crippen LogP contribution in [0.3, 0.4) is 0 Å². The molecule has 0 radical (unpaired) electrons. The number of rotatable bonds is 9. The monoisotopic (exact) mass is 244 g/mol. The molecular formula is C12H24N2O3. The molecule has 1 atom stereocenters. The van der Waals surface area contributed by atoms with Crippen LogP contribution in [-0.2, 0) is 14.3 Å². The molecule has 0 saturated carbocycles. The summed E-state index contributed by atoms with van der Waals surface area (Å²) in [6.45, 7) is 3.87. The molecule has 0 spiro atoms. The van der Waals surface area contributed by atoms with Crippen LogP contribution < -0.4 is 10.6 Å². The molecule has 1 rings (SSSR count). The lowest BCUT2D eigenvalue weighted by Crippen LogP contribution is -2.33. The summed E-state index contributed by atoms with van der Waals surface area (Å²) < 4.78 is 10.4. The second-order valence-corrected chi connectivity index (χ2v) is 4.29. The lowest BCUT2D eigenvalue weighted by atomic mass is 10.2. The fourth-order valence-corrected chi connectivity index (χ4v) is 1.79. The standard InChI is InChI=1S/C12H24N2O3/c1-16-8-3-6-13-7-5-12(15)14-10-11-4-2-9-17-11/h11,13H,2-10H2,1H3,(H,14,15). The molecule has 0 aromatic carbocycles. The van der Waals surface area contributed by atoms with Crippen molar-refractivity contribution >= 4 is 5.91 Å². The lowest BCUT2D eigenvalue weighted by Gasteiger charge is -2.10. The smallest absolute Gasteiger partial charge is 0.221 e. The van der Waals surface area contributed by atoms with E-state index in [1.807, 2.05) is 0 Å². The Morgan fingerprint density at radius 1 is 1.47 bits per heavy atom. The van der Waals surface area contributed by atoms with Gasteiger partial charge in [0.05, 0.1) is 6.10 Å². The van der Waals surface area contributed by atoms with Gasteiger partial charge in [-0.15, -0.1) is 0 Å². The molecule has 1 unspecified atom stereocenters. The summed E-state index contributed by atoms with van der Waals surface area (Å²) in [7, 11) is 1.69. The van der Waals surface area contributed by atoms with Crippen molar-refractivity contribution < 1.29 is 14.3 Å². The number of ether oxygens (including phenoxy) is 2. The third kappa shape index (κ3) is 7.31. The Morgan fingerprint density at radius 2 is 2.35 bits per heavy atom. The van der Waals surface area contributed by atoms with Crippen molar-refractivity contribution in [2.75, 3.05) is 40.0 Å². The van der Waals surface area contributed by atoms with Gasteiger partial charge in [0, 0.05) is 39.8 Å². The van der Waals surface area contributed by atoms with E-state index >= 15 is 0 Å². The summed E-state index contributed by atoms with van der Waals surface area (Å²) in [6, 6.07) is 0. The molecule has 1 saturated heterocycles. The molecule has 0 aromatic rings. The number of carbonyl (C=O) groups excluding carboxylic acids is 1. The molecular weight excluding hydrogens is 220 g/mol. The Morgan fingerprint density at radius 3 is 3.06 bits per heavy atom. The van der Waals surface area contributed by atoms with Crippen molar-refractivity contribution in [3.8, 4) is 0 Å². The van der Waals surface area contributed by atoms with E-state index in [0.717, 1.165) is 45.6 Å². The normalized spacial score (nSPS) is 19.5. The topological polar surface area (TPSA) is 59.6 Å². The Hall–Kier alpha value is -0.650. The number of nitrogens with one attached hydrogen (secondary N) is 2. The van der Waals surface area contributed by atoms with E-state index in [2.05, 4.69) is 10.6 Å². The minimum absolute atomic E-state index is 0.0970. The second kappa shape index (κ2) is 9.39. The van der Waals surface area contributed by atoms with E-state index < -0.39 is 0 Å². The minimum Gasteiger partial charge on any atom is -0.385 e. The maximum Gasteiger partial charge on any atom is 0.221 e. The summed E-state index contributed by atoms with van der Waals surface area (Å²) in [5.74, 6) is 0.0970. The molecule has 0 aromatic heterocycles. The Bertz CT molecular complexity index is 206. The number of hydrogen-bond donors (Lipinski definition) is 2. The van der Waals surface area contributed by atoms with E-state index in [0.29, 0.717) is 13.0 Å². The zero-order valence-corrected chi connectivity index (χ0v) is 10.7. The van der Waals surface area contributed by atoms with E-state index in [4.69, 9.17) is 9.47 Å². The van der Waals surface area contributed by atoms with Gasteiger partial charge in [-0.05, 0) is 25.8 Å². The average molecular weight is 244 g/mol. The van der Waals surface area contributed by atoms with Crippen molar-refractivity contribution in [3.63, 3.8) is 0 Å². The average Bonchev–Trinajstić information content (AvgIpc) is 2.84. The quantitative estimate of drug-likeness (QED) is 0.573. The summed E-state index contributed by atoms with van der Waals surface area (Å²) >= 11 is 0. The zero-order valence-electron chi connectivity index (χ0n) is 10.7. The molecule has 0 bridgehead atoms. The van der Waals surface area contributed by atoms with E-state index in [1.54, 1.807) is 7.11 Å². The Balaban J connectivity index is 1.87. The summed E-state index contributed by atoms with van der Waals surface area (Å²) in [5.41, 5.74) is 0. The summed E-state index contributed by atoms with van der Waals surface area (Å²) in [5, 5.41) is 6.11. The van der Waals surface area contributed by atoms with Gasteiger partial charge in [0.15, 0.2) is 0 Å². The molecule has 0 aliphatic carbocycles. The van der Waals surface area contributed by atoms with Gasteiger partial charge in [-0.25, -0.2) is 0 Å². The van der Waals surface area contributed by atoms with Crippen LogP contribution in [0.2, 0.25) is 0 Å². The number of carbonyl (C=O) groups is 1. The van der Waals surface area contributed by atoms with Gasteiger partial charge in [-0.2, -0.15) is 0 Å². The number of hydrogen-bond acceptors (Lipinski definition) is 4. The third-order valence-corrected chi connectivity index (χ3v) is 2.78. The van der Waals surface area contributed by atoms with Crippen molar-refractivity contribution in [2.45, 2.75) is 31.8 Å². The number of methoxy groups -OCH3 is 1. The predicted octanol–water partition coefficient (Wildman–Crippen LogP) is 0.298. The van der Waals surface area contributed by atoms with Gasteiger partial charge in [0.1, 0.15) is 0 Å². The maximum atomic E-state index is 11.5. The fourth-order valence-electron chi connectivity index (χ4n) is 1.79. The molecule has 1 aliphatic heterocycles. The molecule has 1 aliphatic rings. The van der Waals surface area contributed by atoms with Crippen LogP contribution in [0.1, 0.15) is 25.7 Å². The maximum absolute atomic E-state index is 11.5. The van der Waals surface area contributed by atoms with Crippen molar-refractivity contribution in [1.29, 1.82) is 0 Å². The van der Waals surface area contributed by atoms with E-state index in [-0.39, 0.29) is 12.0 Å². The fraction of sp³-hybridized carbons (Fsp3) is 0.917. The summed E-state index contributed by atoms with van der Waals surface area (Å²) in [6.07, 6.45) is 3.92. The largest absolute Gasteiger partial charge is 0.385 e. The Labute approximate surface area is 103 Å². The highest BCUT2D eigenvalue weighted by molar-refractivity contribution is 5.76. The van der Waals surface area contributed by atoms with Gasteiger partial charge in [-0.1, -0.05) is 0 Å². The molecule has 1 fully saturated rings. The zero-order chi connectivity index (χ0) is 12.3. The Kier molecular flexibility index (Phi) is 7.96. The van der Waals surface area contributed by atoms with Gasteiger partial charge >= 0.3 is 0 Å². The molecule has 5 heteroatoms.